The van der Waals surface area contributed by atoms with Gasteiger partial charge in [0.2, 0.25) is 6.61 Å². The fourth-order valence-electron chi connectivity index (χ4n) is 2.76. The maximum Gasteiger partial charge on any atom is 0.352 e. The number of nitrogen functional groups attached to an aromatic ring is 1. The van der Waals surface area contributed by atoms with Crippen LogP contribution >= 0.6 is 23.1 Å². The largest absolute Gasteiger partial charge is 0.479 e. The number of rotatable bonds is 8. The number of aliphatic carboxylic acids is 2. The first kappa shape index (κ1) is 29.5. The summed E-state index contributed by atoms with van der Waals surface area (Å²) in [5.41, 5.74) is 5.48. The Morgan fingerprint density at radius 1 is 1.36 bits per heavy atom. The van der Waals surface area contributed by atoms with E-state index >= 15 is 0 Å². The van der Waals surface area contributed by atoms with Crippen LogP contribution in [0.3, 0.4) is 0 Å². The number of nitrogens with zero attached hydrogens (tertiary/aromatic N) is 3. The van der Waals surface area contributed by atoms with Gasteiger partial charge in [-0.2, -0.15) is 0 Å². The highest BCUT2D eigenvalue weighted by Gasteiger charge is 2.54. The molecule has 2 aliphatic heterocycles. The molecule has 2 aliphatic rings. The van der Waals surface area contributed by atoms with E-state index in [0.29, 0.717) is 11.3 Å². The molecule has 2 atom stereocenters. The minimum Gasteiger partial charge on any atom is -0.479 e. The van der Waals surface area contributed by atoms with Crippen molar-refractivity contribution in [2.75, 3.05) is 18.1 Å². The van der Waals surface area contributed by atoms with Gasteiger partial charge in [0.1, 0.15) is 22.8 Å². The highest BCUT2D eigenvalue weighted by atomic mass is 32.2. The molecule has 1 aromatic heterocycles. The number of β-lactam (4-membered cyclic amide) rings is 1. The smallest absolute Gasteiger partial charge is 0.352 e. The lowest BCUT2D eigenvalue weighted by Crippen LogP contribution is -2.71. The Morgan fingerprint density at radius 2 is 2.03 bits per heavy atom. The third kappa shape index (κ3) is 5.84. The molecule has 11 N–H and O–H groups in total. The number of hydrogen-bond acceptors (Lipinski definition) is 10. The standard InChI is InChI=1S/C16H15N5O7S2.3H2O/c1-2-6-4-29-14-10(13(25)21(14)11(6)15(26)27)19-12(24)9(20-28-3-8(22)23)7-5-30-16(17)18-7;;;/h2,5,10,14H,1,3-4H2,(H2,17,18)(H,19,24)(H,22,23)(H,26,27);3*1H2/b20-9-;;;/t10-,14-;;;/m1.../s1. The Labute approximate surface area is 193 Å². The normalized spacial score (nSPS) is 19.0. The summed E-state index contributed by atoms with van der Waals surface area (Å²) >= 11 is 2.30. The fourth-order valence-corrected chi connectivity index (χ4v) is 4.65. The molecule has 182 valence electrons. The molecule has 0 aromatic carbocycles. The second-order valence-corrected chi connectivity index (χ2v) is 7.92. The zero-order chi connectivity index (χ0) is 22.0. The molecule has 3 rings (SSSR count). The van der Waals surface area contributed by atoms with E-state index in [1.807, 2.05) is 0 Å². The number of amides is 2. The molecular weight excluding hydrogens is 486 g/mol. The van der Waals surface area contributed by atoms with E-state index in [4.69, 9.17) is 10.8 Å². The van der Waals surface area contributed by atoms with Crippen molar-refractivity contribution in [3.8, 4) is 0 Å². The lowest BCUT2D eigenvalue weighted by Gasteiger charge is -2.49. The molecule has 17 heteroatoms. The van der Waals surface area contributed by atoms with Crippen LogP contribution in [0.1, 0.15) is 5.69 Å². The van der Waals surface area contributed by atoms with E-state index in [1.54, 1.807) is 0 Å². The third-order valence-electron chi connectivity index (χ3n) is 4.06. The zero-order valence-electron chi connectivity index (χ0n) is 16.6. The molecule has 3 heterocycles. The van der Waals surface area contributed by atoms with Crippen molar-refractivity contribution in [1.29, 1.82) is 0 Å². The van der Waals surface area contributed by atoms with Crippen LogP contribution in [-0.4, -0.2) is 89.8 Å². The third-order valence-corrected chi connectivity index (χ3v) is 6.03. The number of oxime groups is 1. The van der Waals surface area contributed by atoms with Crippen LogP contribution in [-0.2, 0) is 24.0 Å². The van der Waals surface area contributed by atoms with Gasteiger partial charge in [-0.25, -0.2) is 14.6 Å². The maximum absolute atomic E-state index is 12.7. The first-order chi connectivity index (χ1) is 14.2. The van der Waals surface area contributed by atoms with Gasteiger partial charge < -0.3 is 42.5 Å². The lowest BCUT2D eigenvalue weighted by molar-refractivity contribution is -0.150. The molecule has 0 bridgehead atoms. The number of anilines is 1. The van der Waals surface area contributed by atoms with Crippen molar-refractivity contribution in [3.05, 3.63) is 35.0 Å². The summed E-state index contributed by atoms with van der Waals surface area (Å²) in [4.78, 5) is 57.1. The Balaban J connectivity index is 0.00000341. The van der Waals surface area contributed by atoms with Gasteiger partial charge in [0, 0.05) is 11.1 Å². The number of thioether (sulfide) groups is 1. The van der Waals surface area contributed by atoms with Gasteiger partial charge in [-0.15, -0.1) is 23.1 Å². The molecular formula is C16H21N5O10S2. The Bertz CT molecular complexity index is 1010. The van der Waals surface area contributed by atoms with E-state index in [1.165, 1.54) is 23.2 Å². The molecule has 15 nitrogen and oxygen atoms in total. The number of thiazole rings is 1. The van der Waals surface area contributed by atoms with Gasteiger partial charge in [0.25, 0.3) is 11.8 Å². The average Bonchev–Trinajstić information content (AvgIpc) is 3.13. The van der Waals surface area contributed by atoms with E-state index in [9.17, 15) is 24.3 Å². The van der Waals surface area contributed by atoms with Crippen LogP contribution in [0.25, 0.3) is 0 Å². The number of carboxylic acid groups (broad SMARTS) is 2. The Morgan fingerprint density at radius 3 is 2.55 bits per heavy atom. The molecule has 33 heavy (non-hydrogen) atoms. The second-order valence-electron chi connectivity index (χ2n) is 5.92. The van der Waals surface area contributed by atoms with Gasteiger partial charge >= 0.3 is 11.9 Å². The number of carbonyl (C=O) groups excluding carboxylic acids is 2. The molecule has 0 unspecified atom stereocenters. The summed E-state index contributed by atoms with van der Waals surface area (Å²) in [5, 5.41) is 25.0. The second kappa shape index (κ2) is 11.9. The predicted molar refractivity (Wildman–Crippen MR) is 117 cm³/mol. The van der Waals surface area contributed by atoms with Crippen molar-refractivity contribution >= 4 is 57.7 Å². The number of aromatic nitrogens is 1. The highest BCUT2D eigenvalue weighted by Crippen LogP contribution is 2.40. The summed E-state index contributed by atoms with van der Waals surface area (Å²) in [5.74, 6) is -3.72. The Hall–Kier alpha value is -3.51. The monoisotopic (exact) mass is 507 g/mol. The van der Waals surface area contributed by atoms with Crippen LogP contribution in [0.15, 0.2) is 34.5 Å². The summed E-state index contributed by atoms with van der Waals surface area (Å²) in [6.45, 7) is 2.77. The molecule has 1 aromatic rings. The predicted octanol–water partition coefficient (Wildman–Crippen LogP) is -3.02. The van der Waals surface area contributed by atoms with Crippen molar-refractivity contribution in [1.82, 2.24) is 15.2 Å². The zero-order valence-corrected chi connectivity index (χ0v) is 18.2. The lowest BCUT2D eigenvalue weighted by atomic mass is 10.0. The summed E-state index contributed by atoms with van der Waals surface area (Å²) in [6.07, 6.45) is 1.38. The highest BCUT2D eigenvalue weighted by molar-refractivity contribution is 8.00. The molecule has 1 saturated heterocycles. The van der Waals surface area contributed by atoms with Gasteiger partial charge in [-0.05, 0) is 5.57 Å². The molecule has 1 fully saturated rings. The molecule has 2 amide bonds. The van der Waals surface area contributed by atoms with E-state index in [-0.39, 0.29) is 38.7 Å². The van der Waals surface area contributed by atoms with Crippen molar-refractivity contribution in [3.63, 3.8) is 0 Å². The quantitative estimate of drug-likeness (QED) is 0.157. The number of nitrogens with one attached hydrogen (secondary N) is 1. The molecule has 0 spiro atoms. The van der Waals surface area contributed by atoms with Crippen LogP contribution in [0.5, 0.6) is 0 Å². The van der Waals surface area contributed by atoms with Gasteiger partial charge in [0.05, 0.1) is 0 Å². The van der Waals surface area contributed by atoms with E-state index in [0.717, 1.165) is 16.2 Å². The van der Waals surface area contributed by atoms with Crippen molar-refractivity contribution in [2.24, 2.45) is 5.16 Å². The fraction of sp³-hybridized carbons (Fsp3) is 0.250. The van der Waals surface area contributed by atoms with E-state index < -0.39 is 41.8 Å². The average molecular weight is 508 g/mol. The Kier molecular flexibility index (Phi) is 10.7. The maximum atomic E-state index is 12.7. The molecule has 0 radical (unpaired) electrons. The van der Waals surface area contributed by atoms with Crippen LogP contribution in [0.2, 0.25) is 0 Å². The number of allylic oxidation sites excluding steroid dienone is 1. The van der Waals surface area contributed by atoms with Gasteiger partial charge in [0.15, 0.2) is 10.8 Å². The minimum absolute atomic E-state index is 0. The summed E-state index contributed by atoms with van der Waals surface area (Å²) in [6, 6.07) is -1.01. The van der Waals surface area contributed by atoms with Crippen molar-refractivity contribution in [2.45, 2.75) is 11.4 Å². The first-order valence-corrected chi connectivity index (χ1v) is 10.1. The summed E-state index contributed by atoms with van der Waals surface area (Å²) < 4.78 is 0. The van der Waals surface area contributed by atoms with Crippen molar-refractivity contribution < 1.29 is 50.7 Å². The number of carbonyl (C=O) groups is 4. The first-order valence-electron chi connectivity index (χ1n) is 8.22. The van der Waals surface area contributed by atoms with Gasteiger partial charge in [-0.1, -0.05) is 17.8 Å². The van der Waals surface area contributed by atoms with Gasteiger partial charge in [-0.3, -0.25) is 14.5 Å². The SMILES string of the molecule is C=CC1=C(C(=O)O)N2C(=O)[C@@H](NC(=O)/C(=N\OCC(=O)O)c3csc(N)n3)[C@H]2SC1.O.O.O. The van der Waals surface area contributed by atoms with Crippen LogP contribution in [0, 0.1) is 0 Å². The van der Waals surface area contributed by atoms with Crippen LogP contribution < -0.4 is 11.1 Å². The molecule has 0 saturated carbocycles. The molecule has 0 aliphatic carbocycles. The van der Waals surface area contributed by atoms with E-state index in [2.05, 4.69) is 26.9 Å². The number of hydrogen-bond donors (Lipinski definition) is 4. The number of carboxylic acids is 2. The topological polar surface area (TPSA) is 279 Å². The van der Waals surface area contributed by atoms with Crippen LogP contribution in [0.4, 0.5) is 5.13 Å². The number of fused-ring (bicyclic) bond motifs is 1. The summed E-state index contributed by atoms with van der Waals surface area (Å²) in [7, 11) is 0. The minimum atomic E-state index is -1.30. The number of nitrogens with two attached hydrogens (primary N) is 1.